The SMILES string of the molecule is Cc1c(CC(=O)O)c2c(Cl)c(O)ccc2n1C(=O)c1ccc(Br)s1. The molecule has 0 saturated carbocycles. The average molecular weight is 429 g/mol. The maximum atomic E-state index is 12.9. The highest BCUT2D eigenvalue weighted by atomic mass is 79.9. The Morgan fingerprint density at radius 2 is 2.00 bits per heavy atom. The molecule has 0 unspecified atom stereocenters. The minimum atomic E-state index is -1.04. The maximum Gasteiger partial charge on any atom is 0.307 e. The van der Waals surface area contributed by atoms with Crippen molar-refractivity contribution < 1.29 is 19.8 Å². The van der Waals surface area contributed by atoms with Gasteiger partial charge < -0.3 is 10.2 Å². The zero-order valence-electron chi connectivity index (χ0n) is 12.3. The molecule has 0 amide bonds. The number of aromatic hydroxyl groups is 1. The van der Waals surface area contributed by atoms with Crippen LogP contribution in [0.4, 0.5) is 0 Å². The molecule has 3 aromatic rings. The number of phenolic OH excluding ortho intramolecular Hbond substituents is 1. The van der Waals surface area contributed by atoms with Crippen molar-refractivity contribution >= 4 is 61.6 Å². The number of rotatable bonds is 3. The lowest BCUT2D eigenvalue weighted by Crippen LogP contribution is -2.12. The van der Waals surface area contributed by atoms with Crippen LogP contribution in [0.2, 0.25) is 5.02 Å². The summed E-state index contributed by atoms with van der Waals surface area (Å²) in [5.74, 6) is -1.46. The van der Waals surface area contributed by atoms with E-state index in [9.17, 15) is 19.8 Å². The average Bonchev–Trinajstić information content (AvgIpc) is 3.05. The van der Waals surface area contributed by atoms with Gasteiger partial charge in [-0.3, -0.25) is 14.2 Å². The standard InChI is InChI=1S/C16H11BrClNO4S/c1-7-8(6-13(21)22)14-9(2-3-10(20)15(14)18)19(7)16(23)11-4-5-12(17)24-11/h2-5,20H,6H2,1H3,(H,21,22). The summed E-state index contributed by atoms with van der Waals surface area (Å²) in [4.78, 5) is 24.6. The second-order valence-corrected chi connectivity index (χ2v) is 8.01. The van der Waals surface area contributed by atoms with Crippen LogP contribution in [-0.2, 0) is 11.2 Å². The summed E-state index contributed by atoms with van der Waals surface area (Å²) in [7, 11) is 0. The molecule has 3 rings (SSSR count). The molecule has 0 fully saturated rings. The molecule has 0 spiro atoms. The van der Waals surface area contributed by atoms with Gasteiger partial charge in [-0.15, -0.1) is 11.3 Å². The van der Waals surface area contributed by atoms with Gasteiger partial charge in [0.1, 0.15) is 5.75 Å². The van der Waals surface area contributed by atoms with Crippen molar-refractivity contribution in [2.24, 2.45) is 0 Å². The van der Waals surface area contributed by atoms with Gasteiger partial charge in [0.15, 0.2) is 0 Å². The first-order chi connectivity index (χ1) is 11.3. The number of carboxylic acid groups (broad SMARTS) is 1. The predicted octanol–water partition coefficient (Wildman–Crippen LogP) is 4.45. The quantitative estimate of drug-likeness (QED) is 0.646. The Balaban J connectivity index is 2.32. The number of phenols is 1. The number of halogens is 2. The second-order valence-electron chi connectivity index (χ2n) is 5.17. The van der Waals surface area contributed by atoms with E-state index >= 15 is 0 Å². The number of carboxylic acids is 1. The number of hydrogen-bond acceptors (Lipinski definition) is 4. The van der Waals surface area contributed by atoms with E-state index in [1.54, 1.807) is 25.1 Å². The van der Waals surface area contributed by atoms with Crippen LogP contribution in [0.25, 0.3) is 10.9 Å². The molecule has 124 valence electrons. The summed E-state index contributed by atoms with van der Waals surface area (Å²) < 4.78 is 2.26. The number of nitrogens with zero attached hydrogens (tertiary/aromatic N) is 1. The number of fused-ring (bicyclic) bond motifs is 1. The van der Waals surface area contributed by atoms with Crippen LogP contribution in [0, 0.1) is 6.92 Å². The van der Waals surface area contributed by atoms with Gasteiger partial charge >= 0.3 is 5.97 Å². The molecule has 0 saturated heterocycles. The molecule has 2 aromatic heterocycles. The van der Waals surface area contributed by atoms with Crippen molar-refractivity contribution in [2.75, 3.05) is 0 Å². The molecule has 5 nitrogen and oxygen atoms in total. The van der Waals surface area contributed by atoms with Gasteiger partial charge in [0.25, 0.3) is 5.91 Å². The highest BCUT2D eigenvalue weighted by Crippen LogP contribution is 2.38. The van der Waals surface area contributed by atoms with Crippen LogP contribution in [-0.4, -0.2) is 26.7 Å². The Morgan fingerprint density at radius 1 is 1.29 bits per heavy atom. The molecule has 2 heterocycles. The first kappa shape index (κ1) is 17.0. The summed E-state index contributed by atoms with van der Waals surface area (Å²) in [5, 5.41) is 19.5. The molecule has 0 aliphatic rings. The molecule has 0 atom stereocenters. The summed E-state index contributed by atoms with van der Waals surface area (Å²) in [6, 6.07) is 6.43. The van der Waals surface area contributed by atoms with Crippen LogP contribution in [0.1, 0.15) is 20.9 Å². The normalized spacial score (nSPS) is 11.1. The fraction of sp³-hybridized carbons (Fsp3) is 0.125. The first-order valence-corrected chi connectivity index (χ1v) is 8.83. The van der Waals surface area contributed by atoms with Crippen LogP contribution >= 0.6 is 38.9 Å². The maximum absolute atomic E-state index is 12.9. The molecular weight excluding hydrogens is 418 g/mol. The van der Waals surface area contributed by atoms with Gasteiger partial charge in [-0.2, -0.15) is 0 Å². The lowest BCUT2D eigenvalue weighted by Gasteiger charge is -2.06. The Kier molecular flexibility index (Phi) is 4.42. The van der Waals surface area contributed by atoms with E-state index < -0.39 is 5.97 Å². The van der Waals surface area contributed by atoms with Gasteiger partial charge in [0.2, 0.25) is 0 Å². The third-order valence-corrected chi connectivity index (χ3v) is 5.72. The first-order valence-electron chi connectivity index (χ1n) is 6.84. The number of carbonyl (C=O) groups is 2. The highest BCUT2D eigenvalue weighted by Gasteiger charge is 2.24. The van der Waals surface area contributed by atoms with E-state index in [0.717, 1.165) is 3.79 Å². The van der Waals surface area contributed by atoms with Crippen molar-refractivity contribution in [3.63, 3.8) is 0 Å². The van der Waals surface area contributed by atoms with Gasteiger partial charge in [-0.25, -0.2) is 0 Å². The zero-order valence-corrected chi connectivity index (χ0v) is 15.5. The Hall–Kier alpha value is -1.83. The molecule has 0 aliphatic heterocycles. The summed E-state index contributed by atoms with van der Waals surface area (Å²) in [6.07, 6.45) is -0.292. The Morgan fingerprint density at radius 3 is 2.58 bits per heavy atom. The fourth-order valence-electron chi connectivity index (χ4n) is 2.69. The minimum Gasteiger partial charge on any atom is -0.506 e. The van der Waals surface area contributed by atoms with Gasteiger partial charge in [0.05, 0.1) is 25.6 Å². The monoisotopic (exact) mass is 427 g/mol. The van der Waals surface area contributed by atoms with Crippen molar-refractivity contribution in [3.8, 4) is 5.75 Å². The molecule has 1 aromatic carbocycles. The van der Waals surface area contributed by atoms with E-state index in [4.69, 9.17) is 11.6 Å². The number of hydrogen-bond donors (Lipinski definition) is 2. The largest absolute Gasteiger partial charge is 0.506 e. The number of aromatic nitrogens is 1. The van der Waals surface area contributed by atoms with E-state index in [1.165, 1.54) is 22.0 Å². The van der Waals surface area contributed by atoms with Crippen LogP contribution < -0.4 is 0 Å². The van der Waals surface area contributed by atoms with Crippen molar-refractivity contribution in [1.82, 2.24) is 4.57 Å². The Bertz CT molecular complexity index is 992. The smallest absolute Gasteiger partial charge is 0.307 e. The van der Waals surface area contributed by atoms with Crippen LogP contribution in [0.3, 0.4) is 0 Å². The van der Waals surface area contributed by atoms with Crippen molar-refractivity contribution in [3.05, 3.63) is 49.2 Å². The zero-order chi connectivity index (χ0) is 17.6. The number of carbonyl (C=O) groups excluding carboxylic acids is 1. The summed E-state index contributed by atoms with van der Waals surface area (Å²) in [5.41, 5.74) is 1.39. The van der Waals surface area contributed by atoms with Crippen molar-refractivity contribution in [2.45, 2.75) is 13.3 Å². The molecule has 0 radical (unpaired) electrons. The molecule has 8 heteroatoms. The molecule has 0 aliphatic carbocycles. The Labute approximate surface area is 154 Å². The predicted molar refractivity (Wildman–Crippen MR) is 96.4 cm³/mol. The van der Waals surface area contributed by atoms with Gasteiger partial charge in [-0.1, -0.05) is 11.6 Å². The van der Waals surface area contributed by atoms with Gasteiger partial charge in [-0.05, 0) is 52.7 Å². The lowest BCUT2D eigenvalue weighted by molar-refractivity contribution is -0.136. The molecule has 24 heavy (non-hydrogen) atoms. The van der Waals surface area contributed by atoms with Crippen LogP contribution in [0.5, 0.6) is 5.75 Å². The third-order valence-electron chi connectivity index (χ3n) is 3.73. The second kappa shape index (κ2) is 6.23. The number of aliphatic carboxylic acids is 1. The van der Waals surface area contributed by atoms with E-state index in [2.05, 4.69) is 15.9 Å². The molecule has 0 bridgehead atoms. The van der Waals surface area contributed by atoms with Gasteiger partial charge in [0, 0.05) is 11.1 Å². The van der Waals surface area contributed by atoms with E-state index in [1.807, 2.05) is 0 Å². The summed E-state index contributed by atoms with van der Waals surface area (Å²) >= 11 is 10.8. The van der Waals surface area contributed by atoms with E-state index in [-0.39, 0.29) is 23.1 Å². The minimum absolute atomic E-state index is 0.0470. The molecule has 2 N–H and O–H groups in total. The third kappa shape index (κ3) is 2.72. The number of benzene rings is 1. The van der Waals surface area contributed by atoms with Crippen molar-refractivity contribution in [1.29, 1.82) is 0 Å². The number of thiophene rings is 1. The fourth-order valence-corrected chi connectivity index (χ4v) is 4.28. The van der Waals surface area contributed by atoms with E-state index in [0.29, 0.717) is 27.0 Å². The van der Waals surface area contributed by atoms with Crippen LogP contribution in [0.15, 0.2) is 28.1 Å². The topological polar surface area (TPSA) is 79.5 Å². The lowest BCUT2D eigenvalue weighted by atomic mass is 10.1. The molecular formula is C16H11BrClNO4S. The summed E-state index contributed by atoms with van der Waals surface area (Å²) in [6.45, 7) is 1.67. The highest BCUT2D eigenvalue weighted by molar-refractivity contribution is 9.11.